The van der Waals surface area contributed by atoms with Crippen molar-refractivity contribution >= 4 is 23.8 Å². The number of carbonyl (C=O) groups is 2. The molecule has 0 aromatic heterocycles. The molecule has 2 aliphatic heterocycles. The number of carboxylic acids is 1. The van der Waals surface area contributed by atoms with Crippen LogP contribution in [0, 0.1) is 11.3 Å². The van der Waals surface area contributed by atoms with E-state index in [1.807, 2.05) is 11.8 Å². The second-order valence-corrected chi connectivity index (χ2v) is 8.25. The first-order chi connectivity index (χ1) is 9.75. The SMILES string of the molecule is CCC1SCC(C(=O)O)N1C(=O)N1CCC(C(C)(C)C)C1. The Labute approximate surface area is 131 Å². The lowest BCUT2D eigenvalue weighted by Gasteiger charge is -2.32. The van der Waals surface area contributed by atoms with Gasteiger partial charge in [-0.1, -0.05) is 27.7 Å². The highest BCUT2D eigenvalue weighted by atomic mass is 32.2. The van der Waals surface area contributed by atoms with E-state index < -0.39 is 12.0 Å². The van der Waals surface area contributed by atoms with E-state index in [2.05, 4.69) is 20.8 Å². The molecule has 21 heavy (non-hydrogen) atoms. The molecule has 3 atom stereocenters. The minimum Gasteiger partial charge on any atom is -0.480 e. The maximum Gasteiger partial charge on any atom is 0.327 e. The smallest absolute Gasteiger partial charge is 0.327 e. The minimum atomic E-state index is -0.890. The standard InChI is InChI=1S/C15H26N2O3S/c1-5-12-17(11(9-21-12)13(18)19)14(20)16-7-6-10(8-16)15(2,3)4/h10-12H,5-9H2,1-4H3,(H,18,19). The van der Waals surface area contributed by atoms with Gasteiger partial charge < -0.3 is 10.0 Å². The summed E-state index contributed by atoms with van der Waals surface area (Å²) in [5.41, 5.74) is 0.186. The van der Waals surface area contributed by atoms with Gasteiger partial charge in [0.25, 0.3) is 0 Å². The average Bonchev–Trinajstić information content (AvgIpc) is 3.03. The molecule has 2 saturated heterocycles. The third-order valence-electron chi connectivity index (χ3n) is 4.63. The zero-order valence-electron chi connectivity index (χ0n) is 13.3. The van der Waals surface area contributed by atoms with Gasteiger partial charge in [-0.25, -0.2) is 9.59 Å². The number of urea groups is 1. The molecule has 2 aliphatic rings. The third-order valence-corrected chi connectivity index (χ3v) is 6.08. The topological polar surface area (TPSA) is 60.9 Å². The van der Waals surface area contributed by atoms with Crippen LogP contribution in [0.4, 0.5) is 4.79 Å². The number of carbonyl (C=O) groups excluding carboxylic acids is 1. The molecule has 0 spiro atoms. The number of likely N-dealkylation sites (tertiary alicyclic amines) is 1. The van der Waals surface area contributed by atoms with Crippen molar-refractivity contribution in [3.05, 3.63) is 0 Å². The van der Waals surface area contributed by atoms with Crippen LogP contribution in [0.1, 0.15) is 40.5 Å². The van der Waals surface area contributed by atoms with Gasteiger partial charge in [-0.15, -0.1) is 11.8 Å². The highest BCUT2D eigenvalue weighted by molar-refractivity contribution is 8.00. The van der Waals surface area contributed by atoms with E-state index in [4.69, 9.17) is 0 Å². The van der Waals surface area contributed by atoms with Crippen LogP contribution in [-0.4, -0.2) is 57.2 Å². The van der Waals surface area contributed by atoms with E-state index in [1.165, 1.54) is 0 Å². The zero-order chi connectivity index (χ0) is 15.8. The molecule has 0 bridgehead atoms. The van der Waals surface area contributed by atoms with Gasteiger partial charge in [0.1, 0.15) is 6.04 Å². The van der Waals surface area contributed by atoms with Crippen LogP contribution in [0.3, 0.4) is 0 Å². The molecule has 0 aromatic carbocycles. The van der Waals surface area contributed by atoms with Gasteiger partial charge in [0.2, 0.25) is 0 Å². The Morgan fingerprint density at radius 1 is 1.33 bits per heavy atom. The largest absolute Gasteiger partial charge is 0.480 e. The van der Waals surface area contributed by atoms with Gasteiger partial charge >= 0.3 is 12.0 Å². The summed E-state index contributed by atoms with van der Waals surface area (Å²) in [4.78, 5) is 27.6. The van der Waals surface area contributed by atoms with Crippen molar-refractivity contribution in [2.75, 3.05) is 18.8 Å². The number of thioether (sulfide) groups is 1. The van der Waals surface area contributed by atoms with Crippen LogP contribution < -0.4 is 0 Å². The summed E-state index contributed by atoms with van der Waals surface area (Å²) in [5, 5.41) is 9.34. The quantitative estimate of drug-likeness (QED) is 0.851. The predicted octanol–water partition coefficient (Wildman–Crippen LogP) is 2.71. The third kappa shape index (κ3) is 3.30. The molecule has 2 amide bonds. The average molecular weight is 314 g/mol. The van der Waals surface area contributed by atoms with Gasteiger partial charge in [0.15, 0.2) is 0 Å². The molecule has 5 nitrogen and oxygen atoms in total. The molecule has 120 valence electrons. The summed E-state index contributed by atoms with van der Waals surface area (Å²) < 4.78 is 0. The Balaban J connectivity index is 2.09. The van der Waals surface area contributed by atoms with Crippen molar-refractivity contribution in [3.63, 3.8) is 0 Å². The van der Waals surface area contributed by atoms with Gasteiger partial charge in [0.05, 0.1) is 5.37 Å². The van der Waals surface area contributed by atoms with Crippen molar-refractivity contribution in [1.29, 1.82) is 0 Å². The Morgan fingerprint density at radius 3 is 2.48 bits per heavy atom. The zero-order valence-corrected chi connectivity index (χ0v) is 14.2. The molecule has 3 unspecified atom stereocenters. The molecular weight excluding hydrogens is 288 g/mol. The first kappa shape index (κ1) is 16.5. The Bertz CT molecular complexity index is 422. The van der Waals surface area contributed by atoms with Crippen molar-refractivity contribution in [3.8, 4) is 0 Å². The number of nitrogens with zero attached hydrogens (tertiary/aromatic N) is 2. The van der Waals surface area contributed by atoms with Crippen molar-refractivity contribution < 1.29 is 14.7 Å². The van der Waals surface area contributed by atoms with Crippen LogP contribution in [0.25, 0.3) is 0 Å². The molecule has 1 N–H and O–H groups in total. The van der Waals surface area contributed by atoms with Gasteiger partial charge in [0, 0.05) is 18.8 Å². The predicted molar refractivity (Wildman–Crippen MR) is 84.3 cm³/mol. The van der Waals surface area contributed by atoms with E-state index >= 15 is 0 Å². The van der Waals surface area contributed by atoms with E-state index in [0.29, 0.717) is 11.7 Å². The summed E-state index contributed by atoms with van der Waals surface area (Å²) in [6.07, 6.45) is 1.79. The molecule has 6 heteroatoms. The number of aliphatic carboxylic acids is 1. The van der Waals surface area contributed by atoms with Crippen molar-refractivity contribution in [1.82, 2.24) is 9.80 Å². The van der Waals surface area contributed by atoms with E-state index in [-0.39, 0.29) is 16.8 Å². The summed E-state index contributed by atoms with van der Waals surface area (Å²) in [7, 11) is 0. The van der Waals surface area contributed by atoms with E-state index in [1.54, 1.807) is 16.7 Å². The van der Waals surface area contributed by atoms with Gasteiger partial charge in [-0.2, -0.15) is 0 Å². The summed E-state index contributed by atoms with van der Waals surface area (Å²) in [5.74, 6) is 0.0919. The van der Waals surface area contributed by atoms with Crippen molar-refractivity contribution in [2.24, 2.45) is 11.3 Å². The first-order valence-corrected chi connectivity index (χ1v) is 8.72. The number of hydrogen-bond donors (Lipinski definition) is 1. The molecular formula is C15H26N2O3S. The number of amides is 2. The fourth-order valence-corrected chi connectivity index (χ4v) is 4.47. The number of carboxylic acid groups (broad SMARTS) is 1. The van der Waals surface area contributed by atoms with Crippen LogP contribution >= 0.6 is 11.8 Å². The second kappa shape index (κ2) is 6.07. The Hall–Kier alpha value is -0.910. The molecule has 2 rings (SSSR count). The lowest BCUT2D eigenvalue weighted by atomic mass is 9.80. The van der Waals surface area contributed by atoms with Crippen LogP contribution in [0.2, 0.25) is 0 Å². The summed E-state index contributed by atoms with van der Waals surface area (Å²) >= 11 is 1.58. The highest BCUT2D eigenvalue weighted by Gasteiger charge is 2.44. The highest BCUT2D eigenvalue weighted by Crippen LogP contribution is 2.37. The van der Waals surface area contributed by atoms with E-state index in [0.717, 1.165) is 25.9 Å². The first-order valence-electron chi connectivity index (χ1n) is 7.67. The normalized spacial score (nSPS) is 30.0. The Morgan fingerprint density at radius 2 is 2.00 bits per heavy atom. The van der Waals surface area contributed by atoms with Gasteiger partial charge in [-0.3, -0.25) is 4.90 Å². The molecule has 2 fully saturated rings. The van der Waals surface area contributed by atoms with Crippen molar-refractivity contribution in [2.45, 2.75) is 52.0 Å². The molecule has 0 saturated carbocycles. The lowest BCUT2D eigenvalue weighted by molar-refractivity contribution is -0.141. The molecule has 0 radical (unpaired) electrons. The lowest BCUT2D eigenvalue weighted by Crippen LogP contribution is -2.51. The van der Waals surface area contributed by atoms with Crippen LogP contribution in [0.5, 0.6) is 0 Å². The fourth-order valence-electron chi connectivity index (χ4n) is 3.13. The second-order valence-electron chi connectivity index (χ2n) is 7.04. The van der Waals surface area contributed by atoms with Crippen LogP contribution in [0.15, 0.2) is 0 Å². The number of rotatable bonds is 2. The Kier molecular flexibility index (Phi) is 4.76. The molecule has 0 aliphatic carbocycles. The molecule has 2 heterocycles. The maximum absolute atomic E-state index is 12.8. The monoisotopic (exact) mass is 314 g/mol. The summed E-state index contributed by atoms with van der Waals surface area (Å²) in [6.45, 7) is 10.1. The fraction of sp³-hybridized carbons (Fsp3) is 0.867. The van der Waals surface area contributed by atoms with Gasteiger partial charge in [-0.05, 0) is 24.2 Å². The molecule has 0 aromatic rings. The minimum absolute atomic E-state index is 0.00714. The number of hydrogen-bond acceptors (Lipinski definition) is 3. The van der Waals surface area contributed by atoms with E-state index in [9.17, 15) is 14.7 Å². The van der Waals surface area contributed by atoms with Crippen LogP contribution in [-0.2, 0) is 4.79 Å². The maximum atomic E-state index is 12.8. The summed E-state index contributed by atoms with van der Waals surface area (Å²) in [6, 6.07) is -0.771.